The lowest BCUT2D eigenvalue weighted by atomic mass is 9.90. The topological polar surface area (TPSA) is 96.3 Å². The lowest BCUT2D eigenvalue weighted by Gasteiger charge is -2.25. The molecule has 0 saturated carbocycles. The summed E-state index contributed by atoms with van der Waals surface area (Å²) >= 11 is 0. The number of nitrogens with zero attached hydrogens (tertiary/aromatic N) is 1. The molecule has 1 N–H and O–H groups in total. The van der Waals surface area contributed by atoms with E-state index in [1.165, 1.54) is 12.1 Å². The first kappa shape index (κ1) is 18.0. The quantitative estimate of drug-likeness (QED) is 0.892. The summed E-state index contributed by atoms with van der Waals surface area (Å²) in [6.07, 6.45) is 0.698. The summed E-state index contributed by atoms with van der Waals surface area (Å²) in [5.74, 6) is 0.0622. The highest BCUT2D eigenvalue weighted by atomic mass is 32.2. The molecule has 0 aromatic heterocycles. The first-order chi connectivity index (χ1) is 12.4. The lowest BCUT2D eigenvalue weighted by Crippen LogP contribution is -2.32. The van der Waals surface area contributed by atoms with Crippen molar-refractivity contribution in [3.63, 3.8) is 0 Å². The summed E-state index contributed by atoms with van der Waals surface area (Å²) in [7, 11) is -4.03. The zero-order valence-electron chi connectivity index (χ0n) is 14.2. The lowest BCUT2D eigenvalue weighted by molar-refractivity contribution is -0.119. The predicted molar refractivity (Wildman–Crippen MR) is 95.1 cm³/mol. The fourth-order valence-corrected chi connectivity index (χ4v) is 4.32. The monoisotopic (exact) mass is 370 g/mol. The van der Waals surface area contributed by atoms with Gasteiger partial charge in [0.25, 0.3) is 10.0 Å². The summed E-state index contributed by atoms with van der Waals surface area (Å²) in [4.78, 5) is 12.3. The van der Waals surface area contributed by atoms with Gasteiger partial charge in [0.2, 0.25) is 5.91 Å². The number of nitriles is 1. The molecule has 2 aromatic rings. The minimum absolute atomic E-state index is 0.0522. The van der Waals surface area contributed by atoms with E-state index in [1.807, 2.05) is 30.3 Å². The maximum Gasteiger partial charge on any atom is 0.264 e. The van der Waals surface area contributed by atoms with Gasteiger partial charge in [0, 0.05) is 6.42 Å². The van der Waals surface area contributed by atoms with Gasteiger partial charge in [-0.3, -0.25) is 4.79 Å². The SMILES string of the molecule is Cc1ccc(C#N)cc1S(=O)(=O)NC(=O)C[C@@H]1CCOc2ccccc21. The van der Waals surface area contributed by atoms with Gasteiger partial charge in [-0.25, -0.2) is 13.1 Å². The first-order valence-electron chi connectivity index (χ1n) is 8.19. The number of hydrogen-bond donors (Lipinski definition) is 1. The zero-order chi connectivity index (χ0) is 18.7. The number of ether oxygens (including phenoxy) is 1. The number of carbonyl (C=O) groups is 1. The van der Waals surface area contributed by atoms with Crippen molar-refractivity contribution in [3.05, 3.63) is 59.2 Å². The van der Waals surface area contributed by atoms with Crippen LogP contribution in [0.5, 0.6) is 5.75 Å². The van der Waals surface area contributed by atoms with Crippen molar-refractivity contribution < 1.29 is 17.9 Å². The van der Waals surface area contributed by atoms with Crippen LogP contribution in [0.2, 0.25) is 0 Å². The van der Waals surface area contributed by atoms with Crippen LogP contribution in [0.1, 0.15) is 35.4 Å². The zero-order valence-corrected chi connectivity index (χ0v) is 15.0. The Labute approximate surface area is 152 Å². The Morgan fingerprint density at radius 2 is 2.08 bits per heavy atom. The molecule has 6 nitrogen and oxygen atoms in total. The number of amides is 1. The van der Waals surface area contributed by atoms with Crippen molar-refractivity contribution in [3.8, 4) is 11.8 Å². The van der Waals surface area contributed by atoms with Crippen LogP contribution in [0.25, 0.3) is 0 Å². The highest BCUT2D eigenvalue weighted by Crippen LogP contribution is 2.35. The van der Waals surface area contributed by atoms with Crippen LogP contribution in [-0.4, -0.2) is 20.9 Å². The summed E-state index contributed by atoms with van der Waals surface area (Å²) in [5, 5.41) is 8.97. The summed E-state index contributed by atoms with van der Waals surface area (Å²) in [6, 6.07) is 13.7. The minimum atomic E-state index is -4.03. The van der Waals surface area contributed by atoms with Gasteiger partial charge < -0.3 is 4.74 Å². The molecule has 3 rings (SSSR count). The van der Waals surface area contributed by atoms with Gasteiger partial charge in [0.05, 0.1) is 23.1 Å². The van der Waals surface area contributed by atoms with E-state index >= 15 is 0 Å². The Balaban J connectivity index is 1.78. The standard InChI is InChI=1S/C19H18N2O4S/c1-13-6-7-14(12-20)10-18(13)26(23,24)21-19(22)11-15-8-9-25-17-5-3-2-4-16(15)17/h2-7,10,15H,8-9,11H2,1H3,(H,21,22)/t15-/m0/s1. The second-order valence-electron chi connectivity index (χ2n) is 6.20. The molecule has 0 bridgehead atoms. The second-order valence-corrected chi connectivity index (χ2v) is 7.85. The van der Waals surface area contributed by atoms with Gasteiger partial charge in [-0.05, 0) is 48.6 Å². The average molecular weight is 370 g/mol. The molecule has 0 spiro atoms. The summed E-state index contributed by atoms with van der Waals surface area (Å²) < 4.78 is 32.8. The molecule has 134 valence electrons. The molecule has 0 radical (unpaired) electrons. The second kappa shape index (κ2) is 7.18. The van der Waals surface area contributed by atoms with Crippen LogP contribution in [0.4, 0.5) is 0 Å². The van der Waals surface area contributed by atoms with E-state index in [0.717, 1.165) is 11.3 Å². The van der Waals surface area contributed by atoms with Crippen molar-refractivity contribution in [1.82, 2.24) is 4.72 Å². The third-order valence-electron chi connectivity index (χ3n) is 4.37. The van der Waals surface area contributed by atoms with Crippen LogP contribution < -0.4 is 9.46 Å². The van der Waals surface area contributed by atoms with Crippen molar-refractivity contribution in [1.29, 1.82) is 5.26 Å². The molecule has 1 aliphatic rings. The molecule has 1 atom stereocenters. The predicted octanol–water partition coefficient (Wildman–Crippen LogP) is 2.63. The molecule has 0 fully saturated rings. The Kier molecular flexibility index (Phi) is 4.96. The first-order valence-corrected chi connectivity index (χ1v) is 9.67. The van der Waals surface area contributed by atoms with Gasteiger partial charge in [0.1, 0.15) is 5.75 Å². The van der Waals surface area contributed by atoms with Crippen molar-refractivity contribution in [2.75, 3.05) is 6.61 Å². The van der Waals surface area contributed by atoms with E-state index < -0.39 is 15.9 Å². The van der Waals surface area contributed by atoms with Gasteiger partial charge in [-0.15, -0.1) is 0 Å². The number of carbonyl (C=O) groups excluding carboxylic acids is 1. The third kappa shape index (κ3) is 3.70. The average Bonchev–Trinajstić information content (AvgIpc) is 2.62. The Morgan fingerprint density at radius 1 is 1.31 bits per heavy atom. The highest BCUT2D eigenvalue weighted by molar-refractivity contribution is 7.90. The third-order valence-corrected chi connectivity index (χ3v) is 5.88. The van der Waals surface area contributed by atoms with Gasteiger partial charge in [-0.1, -0.05) is 24.3 Å². The summed E-state index contributed by atoms with van der Waals surface area (Å²) in [5.41, 5.74) is 1.61. The van der Waals surface area contributed by atoms with Crippen LogP contribution in [0, 0.1) is 18.3 Å². The Hall–Kier alpha value is -2.85. The van der Waals surface area contributed by atoms with E-state index in [1.54, 1.807) is 13.0 Å². The molecule has 1 aliphatic heterocycles. The Bertz CT molecular complexity index is 993. The molecular formula is C19H18N2O4S. The number of aryl methyl sites for hydroxylation is 1. The van der Waals surface area contributed by atoms with Gasteiger partial charge >= 0.3 is 0 Å². The van der Waals surface area contributed by atoms with Crippen molar-refractivity contribution >= 4 is 15.9 Å². The van der Waals surface area contributed by atoms with Gasteiger partial charge in [0.15, 0.2) is 0 Å². The number of hydrogen-bond acceptors (Lipinski definition) is 5. The molecule has 1 amide bonds. The van der Waals surface area contributed by atoms with Crippen LogP contribution in [0.15, 0.2) is 47.4 Å². The van der Waals surface area contributed by atoms with E-state index in [4.69, 9.17) is 10.00 Å². The van der Waals surface area contributed by atoms with E-state index in [0.29, 0.717) is 18.6 Å². The van der Waals surface area contributed by atoms with Crippen molar-refractivity contribution in [2.24, 2.45) is 0 Å². The number of rotatable bonds is 4. The van der Waals surface area contributed by atoms with Crippen LogP contribution in [-0.2, 0) is 14.8 Å². The molecule has 0 saturated heterocycles. The number of nitrogens with one attached hydrogen (secondary N) is 1. The van der Waals surface area contributed by atoms with E-state index in [2.05, 4.69) is 4.72 Å². The molecule has 1 heterocycles. The molecular weight excluding hydrogens is 352 g/mol. The largest absolute Gasteiger partial charge is 0.493 e. The maximum atomic E-state index is 12.6. The molecule has 2 aromatic carbocycles. The molecule has 26 heavy (non-hydrogen) atoms. The fourth-order valence-electron chi connectivity index (χ4n) is 3.06. The number of benzene rings is 2. The number of sulfonamides is 1. The molecule has 7 heteroatoms. The normalized spacial score (nSPS) is 16.1. The number of para-hydroxylation sites is 1. The summed E-state index contributed by atoms with van der Waals surface area (Å²) in [6.45, 7) is 2.11. The van der Waals surface area contributed by atoms with Crippen LogP contribution in [0.3, 0.4) is 0 Å². The van der Waals surface area contributed by atoms with Gasteiger partial charge in [-0.2, -0.15) is 5.26 Å². The van der Waals surface area contributed by atoms with E-state index in [9.17, 15) is 13.2 Å². The fraction of sp³-hybridized carbons (Fsp3) is 0.263. The maximum absolute atomic E-state index is 12.6. The van der Waals surface area contributed by atoms with Crippen LogP contribution >= 0.6 is 0 Å². The van der Waals surface area contributed by atoms with E-state index in [-0.39, 0.29) is 22.8 Å². The van der Waals surface area contributed by atoms with Crippen molar-refractivity contribution in [2.45, 2.75) is 30.6 Å². The molecule has 0 unspecified atom stereocenters. The number of fused-ring (bicyclic) bond motifs is 1. The Morgan fingerprint density at radius 3 is 2.85 bits per heavy atom. The highest BCUT2D eigenvalue weighted by Gasteiger charge is 2.26. The smallest absolute Gasteiger partial charge is 0.264 e. The minimum Gasteiger partial charge on any atom is -0.493 e. The molecule has 0 aliphatic carbocycles.